The molecule has 3 atom stereocenters. The van der Waals surface area contributed by atoms with Crippen molar-refractivity contribution in [3.63, 3.8) is 0 Å². The SMILES string of the molecule is CC1(C)OB(/C=C/CCO[Si](C)(C)C(C)(C)C)OC1(C)C.CNC(=O)[C@@H](NC(=O)c1nc(/C=C/CCO)n2c1CN(C)CCC2)C(C)(C)C.CNC(=O)[C@@H](NC(=O)c1nc(/C=C/CCO[Si](C)(C)C(C)(C)C)n2c1CN(C)CCC2)C(C)(C)C.CNC(=O)[C@@H](NC(=O)c1nc(Br)n2c1CN(C)CCC2)C(C)(C)C. The van der Waals surface area contributed by atoms with Gasteiger partial charge in [-0.2, -0.15) is 0 Å². The maximum absolute atomic E-state index is 13.4. The summed E-state index contributed by atoms with van der Waals surface area (Å²) >= 11 is 3.45. The standard InChI is InChI=1S/C26H47N5O3Si.C20H33N5O3.C16H33BO3Si.C16H26BrN5O2/c1-25(2,3)22(24(33)27-7)29-23(32)21-19-18-30(8)15-13-16-31(19)20(28-21)14-11-12-17-34-35(9,10)26(4,5)6;1-20(2,3)17(19(28)21-4)23-18(27)16-14-13-24(5)10-8-11-25(14)15(22-16)9-6-7-12-26;1-14(2,3)21(8,9)18-13-11-10-12-17-19-15(4,5)16(6,7)20-17;1-16(2,3)12(14(24)18-4)20-13(23)11-10-9-21(5)7-6-8-22(10)15(17)19-11/h11,14,22H,12-13,15-18H2,1-10H3,(H,27,33)(H,29,32);6,9,17,26H,7-8,10-13H2,1-5H3,(H,21,28)(H,23,27);10,12H,11,13H2,1-9H3;12H,6-9H2,1-5H3,(H,18,24)(H,20,23)/b14-11+;9-6+;12-10+;/t22-;17-;;12-/m11.1/s1. The van der Waals surface area contributed by atoms with Crippen LogP contribution < -0.4 is 31.9 Å². The molecule has 4 aliphatic rings. The van der Waals surface area contributed by atoms with Crippen molar-refractivity contribution in [1.82, 2.24) is 75.3 Å². The fraction of sp³-hybridized carbons (Fsp3) is 0.731. The molecule has 6 amide bonds. The van der Waals surface area contributed by atoms with Crippen molar-refractivity contribution in [1.29, 1.82) is 0 Å². The number of amides is 6. The number of nitrogens with zero attached hydrogens (tertiary/aromatic N) is 9. The Labute approximate surface area is 658 Å². The lowest BCUT2D eigenvalue weighted by atomic mass is 9.86. The van der Waals surface area contributed by atoms with Crippen LogP contribution in [0.15, 0.2) is 28.9 Å². The molecule has 108 heavy (non-hydrogen) atoms. The third-order valence-electron chi connectivity index (χ3n) is 21.4. The zero-order valence-electron chi connectivity index (χ0n) is 71.4. The van der Waals surface area contributed by atoms with E-state index < -0.39 is 51.0 Å². The van der Waals surface area contributed by atoms with E-state index in [1.54, 1.807) is 21.1 Å². The van der Waals surface area contributed by atoms with Gasteiger partial charge in [-0.15, -0.1) is 0 Å². The van der Waals surface area contributed by atoms with Crippen molar-refractivity contribution in [3.8, 4) is 0 Å². The van der Waals surface area contributed by atoms with E-state index in [2.05, 4.69) is 196 Å². The molecule has 26 nitrogen and oxygen atoms in total. The third kappa shape index (κ3) is 26.8. The molecule has 0 spiro atoms. The number of imidazole rings is 3. The van der Waals surface area contributed by atoms with Crippen LogP contribution in [0, 0.1) is 16.2 Å². The topological polar surface area (TPSA) is 295 Å². The van der Waals surface area contributed by atoms with Gasteiger partial charge >= 0.3 is 7.12 Å². The summed E-state index contributed by atoms with van der Waals surface area (Å²) in [5.41, 5.74) is 1.96. The number of aromatic nitrogens is 6. The number of carbonyl (C=O) groups is 6. The van der Waals surface area contributed by atoms with Crippen LogP contribution >= 0.6 is 15.9 Å². The number of carbonyl (C=O) groups excluding carboxylic acids is 6. The van der Waals surface area contributed by atoms with Gasteiger partial charge in [0.1, 0.15) is 29.8 Å². The Bertz CT molecular complexity index is 3570. The third-order valence-corrected chi connectivity index (χ3v) is 31.0. The van der Waals surface area contributed by atoms with Gasteiger partial charge in [0.2, 0.25) is 17.7 Å². The highest BCUT2D eigenvalue weighted by Gasteiger charge is 2.50. The number of likely N-dealkylation sites (N-methyl/N-ethyl adjacent to an activating group) is 3. The van der Waals surface area contributed by atoms with Gasteiger partial charge in [-0.1, -0.05) is 128 Å². The molecule has 1 saturated heterocycles. The van der Waals surface area contributed by atoms with Crippen molar-refractivity contribution in [3.05, 3.63) is 74.7 Å². The molecule has 610 valence electrons. The van der Waals surface area contributed by atoms with E-state index in [1.807, 2.05) is 105 Å². The molecule has 4 aliphatic heterocycles. The smallest absolute Gasteiger partial charge is 0.417 e. The molecule has 7 N–H and O–H groups in total. The highest BCUT2D eigenvalue weighted by atomic mass is 79.9. The fourth-order valence-corrected chi connectivity index (χ4v) is 14.5. The van der Waals surface area contributed by atoms with Crippen molar-refractivity contribution in [2.75, 3.05) is 81.7 Å². The summed E-state index contributed by atoms with van der Waals surface area (Å²) in [4.78, 5) is 96.5. The molecule has 7 heterocycles. The Morgan fingerprint density at radius 1 is 0.509 bits per heavy atom. The summed E-state index contributed by atoms with van der Waals surface area (Å²) in [6.45, 7) is 56.9. The van der Waals surface area contributed by atoms with Crippen molar-refractivity contribution >= 4 is 87.3 Å². The van der Waals surface area contributed by atoms with Gasteiger partial charge in [0, 0.05) is 80.2 Å². The Balaban J connectivity index is 0.000000310. The first-order chi connectivity index (χ1) is 49.7. The predicted octanol–water partition coefficient (Wildman–Crippen LogP) is 11.0. The zero-order valence-corrected chi connectivity index (χ0v) is 75.0. The van der Waals surface area contributed by atoms with Gasteiger partial charge in [0.25, 0.3) is 17.7 Å². The van der Waals surface area contributed by atoms with Gasteiger partial charge in [0.05, 0.1) is 28.3 Å². The molecular weight excluding hydrogens is 1470 g/mol. The second-order valence-electron chi connectivity index (χ2n) is 36.3. The van der Waals surface area contributed by atoms with E-state index in [9.17, 15) is 28.8 Å². The monoisotopic (exact) mass is 1610 g/mol. The van der Waals surface area contributed by atoms with Crippen LogP contribution in [-0.2, 0) is 71.8 Å². The quantitative estimate of drug-likeness (QED) is 0.0363. The van der Waals surface area contributed by atoms with E-state index >= 15 is 0 Å². The van der Waals surface area contributed by atoms with Gasteiger partial charge in [-0.3, -0.25) is 28.8 Å². The summed E-state index contributed by atoms with van der Waals surface area (Å²) < 4.78 is 31.2. The zero-order chi connectivity index (χ0) is 82.1. The summed E-state index contributed by atoms with van der Waals surface area (Å²) in [5, 5.41) is 26.1. The fourth-order valence-electron chi connectivity index (χ4n) is 11.9. The van der Waals surface area contributed by atoms with Crippen molar-refractivity contribution < 1.29 is 52.0 Å². The number of aliphatic hydroxyl groups excluding tert-OH is 1. The van der Waals surface area contributed by atoms with E-state index in [0.29, 0.717) is 60.3 Å². The Kier molecular flexibility index (Phi) is 34.8. The van der Waals surface area contributed by atoms with Crippen LogP contribution in [0.4, 0.5) is 0 Å². The molecule has 0 unspecified atom stereocenters. The number of fused-ring (bicyclic) bond motifs is 3. The van der Waals surface area contributed by atoms with Gasteiger partial charge in [-0.25, -0.2) is 15.0 Å². The average molecular weight is 1610 g/mol. The Morgan fingerprint density at radius 3 is 1.13 bits per heavy atom. The molecule has 0 aliphatic carbocycles. The molecule has 0 bridgehead atoms. The average Bonchev–Trinajstić information content (AvgIpc) is 1.65. The van der Waals surface area contributed by atoms with Crippen molar-refractivity contribution in [2.24, 2.45) is 16.2 Å². The molecule has 7 rings (SSSR count). The molecule has 0 saturated carbocycles. The Hall–Kier alpha value is -5.67. The molecule has 0 aromatic carbocycles. The molecule has 3 aromatic heterocycles. The van der Waals surface area contributed by atoms with Gasteiger partial charge in [-0.05, 0) is 188 Å². The van der Waals surface area contributed by atoms with Crippen LogP contribution in [0.3, 0.4) is 0 Å². The molecule has 0 radical (unpaired) electrons. The van der Waals surface area contributed by atoms with E-state index in [0.717, 1.165) is 101 Å². The minimum atomic E-state index is -1.77. The van der Waals surface area contributed by atoms with Gasteiger partial charge in [0.15, 0.2) is 38.5 Å². The minimum Gasteiger partial charge on any atom is -0.417 e. The lowest BCUT2D eigenvalue weighted by molar-refractivity contribution is -0.125. The summed E-state index contributed by atoms with van der Waals surface area (Å²) in [6.07, 6.45) is 15.1. The van der Waals surface area contributed by atoms with E-state index in [-0.39, 0.29) is 70.4 Å². The van der Waals surface area contributed by atoms with Crippen LogP contribution in [0.25, 0.3) is 12.2 Å². The highest BCUT2D eigenvalue weighted by molar-refractivity contribution is 9.10. The van der Waals surface area contributed by atoms with Crippen LogP contribution in [0.1, 0.15) is 230 Å². The van der Waals surface area contributed by atoms with E-state index in [4.69, 9.17) is 28.3 Å². The molecule has 1 fully saturated rings. The largest absolute Gasteiger partial charge is 0.486 e. The number of hydrogen-bond donors (Lipinski definition) is 7. The van der Waals surface area contributed by atoms with E-state index in [1.165, 1.54) is 0 Å². The second kappa shape index (κ2) is 39.7. The van der Waals surface area contributed by atoms with Crippen LogP contribution in [0.2, 0.25) is 36.3 Å². The second-order valence-corrected chi connectivity index (χ2v) is 46.6. The maximum atomic E-state index is 13.4. The normalized spacial score (nSPS) is 17.8. The summed E-state index contributed by atoms with van der Waals surface area (Å²) in [5.74, 6) is 1.86. The van der Waals surface area contributed by atoms with Crippen LogP contribution in [0.5, 0.6) is 0 Å². The molecular formula is C78H139BBrN15O11Si2. The predicted molar refractivity (Wildman–Crippen MR) is 442 cm³/mol. The lowest BCUT2D eigenvalue weighted by Gasteiger charge is -2.36. The minimum absolute atomic E-state index is 0.0690. The number of aliphatic hydroxyl groups is 1. The lowest BCUT2D eigenvalue weighted by Crippen LogP contribution is -2.53. The maximum Gasteiger partial charge on any atom is 0.486 e. The van der Waals surface area contributed by atoms with Gasteiger partial charge < -0.3 is 83.6 Å². The summed E-state index contributed by atoms with van der Waals surface area (Å²) in [7, 11) is 7.18. The van der Waals surface area contributed by atoms with Crippen molar-refractivity contribution in [2.45, 2.75) is 275 Å². The first kappa shape index (κ1) is 94.7. The number of nitrogens with one attached hydrogen (secondary N) is 6. The highest BCUT2D eigenvalue weighted by Crippen LogP contribution is 2.39. The summed E-state index contributed by atoms with van der Waals surface area (Å²) in [6, 6.07) is -1.96. The first-order valence-electron chi connectivity index (χ1n) is 38.5. The number of hydrogen-bond acceptors (Lipinski definition) is 17. The number of halogens is 1. The Morgan fingerprint density at radius 2 is 0.815 bits per heavy atom. The first-order valence-corrected chi connectivity index (χ1v) is 45.1. The molecule has 30 heteroatoms. The number of rotatable bonds is 22. The van der Waals surface area contributed by atoms with Crippen LogP contribution in [-0.4, -0.2) is 219 Å². The molecule has 3 aromatic rings.